The second-order valence-electron chi connectivity index (χ2n) is 7.06. The minimum absolute atomic E-state index is 0.00827. The van der Waals surface area contributed by atoms with Gasteiger partial charge in [0, 0.05) is 51.5 Å². The molecule has 0 spiro atoms. The third kappa shape index (κ3) is 4.99. The zero-order valence-corrected chi connectivity index (χ0v) is 17.1. The molecule has 0 aromatic heterocycles. The number of carbonyl (C=O) groups is 2. The standard InChI is InChI=1S/C22H27N3O4/c1-23(2)18-8-6-7-17(15-18)22(27)25-13-11-24(12-14-25)21(26)16-29-20-10-5-4-9-19(20)28-3/h4-10,15H,11-14,16H2,1-3H3. The van der Waals surface area contributed by atoms with Crippen LogP contribution in [0.5, 0.6) is 11.5 Å². The summed E-state index contributed by atoms with van der Waals surface area (Å²) in [5.74, 6) is 1.03. The van der Waals surface area contributed by atoms with Crippen LogP contribution in [0.4, 0.5) is 5.69 Å². The molecule has 0 radical (unpaired) electrons. The Hall–Kier alpha value is -3.22. The van der Waals surface area contributed by atoms with Gasteiger partial charge < -0.3 is 24.2 Å². The van der Waals surface area contributed by atoms with Crippen LogP contribution < -0.4 is 14.4 Å². The number of amides is 2. The maximum atomic E-state index is 12.8. The summed E-state index contributed by atoms with van der Waals surface area (Å²) in [7, 11) is 5.45. The molecule has 0 saturated carbocycles. The van der Waals surface area contributed by atoms with Gasteiger partial charge in [-0.1, -0.05) is 18.2 Å². The van der Waals surface area contributed by atoms with E-state index in [9.17, 15) is 9.59 Å². The molecule has 2 amide bonds. The van der Waals surface area contributed by atoms with Crippen LogP contribution in [0, 0.1) is 0 Å². The van der Waals surface area contributed by atoms with Crippen molar-refractivity contribution in [2.45, 2.75) is 0 Å². The summed E-state index contributed by atoms with van der Waals surface area (Å²) in [5, 5.41) is 0. The molecule has 7 heteroatoms. The molecule has 0 atom stereocenters. The molecule has 1 saturated heterocycles. The number of benzene rings is 2. The van der Waals surface area contributed by atoms with Crippen LogP contribution in [0.1, 0.15) is 10.4 Å². The highest BCUT2D eigenvalue weighted by Crippen LogP contribution is 2.25. The fourth-order valence-electron chi connectivity index (χ4n) is 3.23. The lowest BCUT2D eigenvalue weighted by Gasteiger charge is -2.34. The molecule has 0 bridgehead atoms. The Morgan fingerprint density at radius 3 is 2.24 bits per heavy atom. The van der Waals surface area contributed by atoms with Gasteiger partial charge in [0.1, 0.15) is 0 Å². The van der Waals surface area contributed by atoms with E-state index in [1.807, 2.05) is 55.4 Å². The van der Waals surface area contributed by atoms with E-state index in [0.29, 0.717) is 43.2 Å². The summed E-state index contributed by atoms with van der Waals surface area (Å²) < 4.78 is 10.9. The average molecular weight is 397 g/mol. The summed E-state index contributed by atoms with van der Waals surface area (Å²) in [6.07, 6.45) is 0. The van der Waals surface area contributed by atoms with Crippen molar-refractivity contribution in [3.63, 3.8) is 0 Å². The largest absolute Gasteiger partial charge is 0.493 e. The Kier molecular flexibility index (Phi) is 6.59. The molecule has 2 aromatic rings. The zero-order valence-electron chi connectivity index (χ0n) is 17.1. The van der Waals surface area contributed by atoms with Crippen LogP contribution in [0.3, 0.4) is 0 Å². The van der Waals surface area contributed by atoms with Crippen molar-refractivity contribution in [3.05, 3.63) is 54.1 Å². The number of piperazine rings is 1. The van der Waals surface area contributed by atoms with Gasteiger partial charge in [-0.3, -0.25) is 9.59 Å². The molecule has 1 heterocycles. The molecule has 1 aliphatic heterocycles. The molecular weight excluding hydrogens is 370 g/mol. The normalized spacial score (nSPS) is 13.8. The first-order chi connectivity index (χ1) is 14.0. The third-order valence-corrected chi connectivity index (χ3v) is 4.95. The summed E-state index contributed by atoms with van der Waals surface area (Å²) in [6, 6.07) is 14.8. The van der Waals surface area contributed by atoms with Crippen molar-refractivity contribution < 1.29 is 19.1 Å². The molecule has 0 unspecified atom stereocenters. The van der Waals surface area contributed by atoms with Crippen molar-refractivity contribution in [1.29, 1.82) is 0 Å². The molecule has 154 valence electrons. The second kappa shape index (κ2) is 9.32. The van der Waals surface area contributed by atoms with Crippen molar-refractivity contribution in [2.75, 3.05) is 58.9 Å². The monoisotopic (exact) mass is 397 g/mol. The number of carbonyl (C=O) groups excluding carboxylic acids is 2. The molecule has 0 aliphatic carbocycles. The van der Waals surface area contributed by atoms with Crippen LogP contribution in [-0.4, -0.2) is 75.6 Å². The minimum atomic E-state index is -0.0994. The Balaban J connectivity index is 1.52. The number of rotatable bonds is 6. The lowest BCUT2D eigenvalue weighted by molar-refractivity contribution is -0.134. The highest BCUT2D eigenvalue weighted by atomic mass is 16.5. The maximum absolute atomic E-state index is 12.8. The van der Waals surface area contributed by atoms with Gasteiger partial charge in [-0.25, -0.2) is 0 Å². The van der Waals surface area contributed by atoms with Gasteiger partial charge >= 0.3 is 0 Å². The fourth-order valence-corrected chi connectivity index (χ4v) is 3.23. The van der Waals surface area contributed by atoms with Crippen molar-refractivity contribution in [2.24, 2.45) is 0 Å². The number of methoxy groups -OCH3 is 1. The number of anilines is 1. The Morgan fingerprint density at radius 1 is 0.931 bits per heavy atom. The van der Waals surface area contributed by atoms with Gasteiger partial charge in [-0.05, 0) is 30.3 Å². The second-order valence-corrected chi connectivity index (χ2v) is 7.06. The highest BCUT2D eigenvalue weighted by molar-refractivity contribution is 5.95. The number of para-hydroxylation sites is 2. The Bertz CT molecular complexity index is 861. The number of nitrogens with zero attached hydrogens (tertiary/aromatic N) is 3. The lowest BCUT2D eigenvalue weighted by atomic mass is 10.1. The first-order valence-electron chi connectivity index (χ1n) is 9.60. The van der Waals surface area contributed by atoms with Crippen molar-refractivity contribution >= 4 is 17.5 Å². The van der Waals surface area contributed by atoms with Crippen LogP contribution in [-0.2, 0) is 4.79 Å². The van der Waals surface area contributed by atoms with Gasteiger partial charge in [0.15, 0.2) is 18.1 Å². The number of hydrogen-bond donors (Lipinski definition) is 0. The number of ether oxygens (including phenoxy) is 2. The Labute approximate surface area is 171 Å². The SMILES string of the molecule is COc1ccccc1OCC(=O)N1CCN(C(=O)c2cccc(N(C)C)c2)CC1. The molecule has 1 aliphatic rings. The predicted octanol–water partition coefficient (Wildman–Crippen LogP) is 2.12. The van der Waals surface area contributed by atoms with Crippen LogP contribution in [0.15, 0.2) is 48.5 Å². The minimum Gasteiger partial charge on any atom is -0.493 e. The lowest BCUT2D eigenvalue weighted by Crippen LogP contribution is -2.51. The number of hydrogen-bond acceptors (Lipinski definition) is 5. The van der Waals surface area contributed by atoms with E-state index in [2.05, 4.69) is 0 Å². The molecule has 3 rings (SSSR count). The molecule has 1 fully saturated rings. The molecule has 2 aromatic carbocycles. The molecule has 7 nitrogen and oxygen atoms in total. The van der Waals surface area contributed by atoms with Crippen molar-refractivity contribution in [3.8, 4) is 11.5 Å². The molecule has 29 heavy (non-hydrogen) atoms. The van der Waals surface area contributed by atoms with Crippen LogP contribution in [0.25, 0.3) is 0 Å². The van der Waals surface area contributed by atoms with E-state index in [4.69, 9.17) is 9.47 Å². The summed E-state index contributed by atoms with van der Waals surface area (Å²) in [5.41, 5.74) is 1.65. The topological polar surface area (TPSA) is 62.3 Å². The van der Waals surface area contributed by atoms with Gasteiger partial charge in [0.25, 0.3) is 11.8 Å². The van der Waals surface area contributed by atoms with E-state index in [1.165, 1.54) is 0 Å². The molecular formula is C22H27N3O4. The zero-order chi connectivity index (χ0) is 20.8. The first-order valence-corrected chi connectivity index (χ1v) is 9.60. The average Bonchev–Trinajstić information content (AvgIpc) is 2.77. The van der Waals surface area contributed by atoms with Crippen LogP contribution >= 0.6 is 0 Å². The van der Waals surface area contributed by atoms with E-state index >= 15 is 0 Å². The van der Waals surface area contributed by atoms with Gasteiger partial charge in [0.05, 0.1) is 7.11 Å². The van der Waals surface area contributed by atoms with Crippen LogP contribution in [0.2, 0.25) is 0 Å². The fraction of sp³-hybridized carbons (Fsp3) is 0.364. The predicted molar refractivity (Wildman–Crippen MR) is 112 cm³/mol. The van der Waals surface area contributed by atoms with E-state index in [-0.39, 0.29) is 18.4 Å². The van der Waals surface area contributed by atoms with Gasteiger partial charge in [0.2, 0.25) is 0 Å². The first kappa shape index (κ1) is 20.5. The summed E-state index contributed by atoms with van der Waals surface area (Å²) >= 11 is 0. The Morgan fingerprint density at radius 2 is 1.59 bits per heavy atom. The van der Waals surface area contributed by atoms with E-state index < -0.39 is 0 Å². The quantitative estimate of drug-likeness (QED) is 0.747. The summed E-state index contributed by atoms with van der Waals surface area (Å²) in [4.78, 5) is 30.8. The molecule has 0 N–H and O–H groups in total. The summed E-state index contributed by atoms with van der Waals surface area (Å²) in [6.45, 7) is 1.94. The highest BCUT2D eigenvalue weighted by Gasteiger charge is 2.25. The van der Waals surface area contributed by atoms with Gasteiger partial charge in [-0.2, -0.15) is 0 Å². The van der Waals surface area contributed by atoms with E-state index in [1.54, 1.807) is 29.0 Å². The van der Waals surface area contributed by atoms with Gasteiger partial charge in [-0.15, -0.1) is 0 Å². The van der Waals surface area contributed by atoms with Crippen molar-refractivity contribution in [1.82, 2.24) is 9.80 Å². The smallest absolute Gasteiger partial charge is 0.260 e. The maximum Gasteiger partial charge on any atom is 0.260 e. The third-order valence-electron chi connectivity index (χ3n) is 4.95. The van der Waals surface area contributed by atoms with E-state index in [0.717, 1.165) is 5.69 Å².